The largest absolute Gasteiger partial charge is 0.482 e. The molecule has 4 aromatic rings. The van der Waals surface area contributed by atoms with E-state index in [1.165, 1.54) is 16.5 Å². The minimum atomic E-state index is -0.747. The number of hydrogen-bond donors (Lipinski definition) is 0. The summed E-state index contributed by atoms with van der Waals surface area (Å²) in [6.45, 7) is -0.00193. The molecule has 0 saturated carbocycles. The Morgan fingerprint density at radius 1 is 1.24 bits per heavy atom. The van der Waals surface area contributed by atoms with E-state index in [0.717, 1.165) is 47.3 Å². The summed E-state index contributed by atoms with van der Waals surface area (Å²) in [5.74, 6) is -0.991. The zero-order valence-electron chi connectivity index (χ0n) is 13.0. The van der Waals surface area contributed by atoms with Gasteiger partial charge >= 0.3 is 0 Å². The van der Waals surface area contributed by atoms with Crippen LogP contribution in [0.25, 0.3) is 15.9 Å². The van der Waals surface area contributed by atoms with Crippen LogP contribution in [0.4, 0.5) is 8.78 Å². The number of aryl methyl sites for hydroxylation is 2. The van der Waals surface area contributed by atoms with Gasteiger partial charge in [0, 0.05) is 10.9 Å². The molecule has 0 fully saturated rings. The highest BCUT2D eigenvalue weighted by Crippen LogP contribution is 2.37. The Hall–Kier alpha value is -2.61. The molecule has 126 valence electrons. The lowest BCUT2D eigenvalue weighted by Crippen LogP contribution is -2.00. The van der Waals surface area contributed by atoms with Gasteiger partial charge in [-0.2, -0.15) is 0 Å². The first-order valence-corrected chi connectivity index (χ1v) is 8.73. The quantitative estimate of drug-likeness (QED) is 0.561. The summed E-state index contributed by atoms with van der Waals surface area (Å²) in [7, 11) is 0. The Balaban J connectivity index is 1.51. The number of thiophene rings is 1. The summed E-state index contributed by atoms with van der Waals surface area (Å²) in [6, 6.07) is 3.19. The molecule has 5 nitrogen and oxygen atoms in total. The van der Waals surface area contributed by atoms with Gasteiger partial charge in [-0.05, 0) is 37.0 Å². The maximum atomic E-state index is 13.7. The average molecular weight is 358 g/mol. The van der Waals surface area contributed by atoms with Gasteiger partial charge in [0.15, 0.2) is 23.0 Å². The minimum Gasteiger partial charge on any atom is -0.482 e. The molecule has 0 N–H and O–H groups in total. The molecule has 3 aromatic heterocycles. The highest BCUT2D eigenvalue weighted by Gasteiger charge is 2.22. The van der Waals surface area contributed by atoms with Gasteiger partial charge in [0.25, 0.3) is 0 Å². The molecule has 0 amide bonds. The van der Waals surface area contributed by atoms with Crippen LogP contribution in [0, 0.1) is 11.6 Å². The van der Waals surface area contributed by atoms with Crippen LogP contribution >= 0.6 is 11.3 Å². The predicted molar refractivity (Wildman–Crippen MR) is 88.9 cm³/mol. The zero-order chi connectivity index (χ0) is 17.0. The van der Waals surface area contributed by atoms with Crippen LogP contribution in [0.2, 0.25) is 0 Å². The first kappa shape index (κ1) is 14.7. The molecule has 1 aliphatic carbocycles. The highest BCUT2D eigenvalue weighted by molar-refractivity contribution is 7.19. The number of rotatable bonds is 3. The third kappa shape index (κ3) is 2.36. The average Bonchev–Trinajstić information content (AvgIpc) is 3.26. The monoisotopic (exact) mass is 358 g/mol. The number of halogens is 2. The van der Waals surface area contributed by atoms with Gasteiger partial charge in [-0.1, -0.05) is 0 Å². The Kier molecular flexibility index (Phi) is 3.21. The van der Waals surface area contributed by atoms with Crippen molar-refractivity contribution in [3.8, 4) is 5.75 Å². The highest BCUT2D eigenvalue weighted by atomic mass is 32.1. The van der Waals surface area contributed by atoms with Gasteiger partial charge in [-0.25, -0.2) is 23.3 Å². The van der Waals surface area contributed by atoms with Gasteiger partial charge in [0.05, 0.1) is 5.39 Å². The topological polar surface area (TPSA) is 52.3 Å². The van der Waals surface area contributed by atoms with E-state index in [1.807, 2.05) is 0 Å². The second kappa shape index (κ2) is 5.45. The molecule has 0 aliphatic heterocycles. The molecule has 25 heavy (non-hydrogen) atoms. The molecule has 0 radical (unpaired) electrons. The fourth-order valence-corrected chi connectivity index (χ4v) is 4.46. The van der Waals surface area contributed by atoms with Crippen molar-refractivity contribution in [3.05, 3.63) is 52.4 Å². The van der Waals surface area contributed by atoms with Gasteiger partial charge in [0.2, 0.25) is 0 Å². The van der Waals surface area contributed by atoms with Crippen molar-refractivity contribution in [2.24, 2.45) is 0 Å². The second-order valence-corrected chi connectivity index (χ2v) is 7.03. The van der Waals surface area contributed by atoms with Crippen molar-refractivity contribution >= 4 is 27.2 Å². The van der Waals surface area contributed by atoms with E-state index in [2.05, 4.69) is 15.1 Å². The number of fused-ring (bicyclic) bond motifs is 5. The van der Waals surface area contributed by atoms with Crippen LogP contribution in [0.1, 0.15) is 22.7 Å². The van der Waals surface area contributed by atoms with E-state index in [1.54, 1.807) is 22.2 Å². The Morgan fingerprint density at radius 3 is 3.04 bits per heavy atom. The Labute approximate surface area is 144 Å². The van der Waals surface area contributed by atoms with Crippen LogP contribution in [0.5, 0.6) is 5.75 Å². The molecule has 0 atom stereocenters. The summed E-state index contributed by atoms with van der Waals surface area (Å²) in [6.07, 6.45) is 4.93. The van der Waals surface area contributed by atoms with Crippen LogP contribution in [-0.4, -0.2) is 19.6 Å². The molecular formula is C17H12F2N4OS. The smallest absolute Gasteiger partial charge is 0.189 e. The summed E-state index contributed by atoms with van der Waals surface area (Å²) >= 11 is 1.72. The maximum Gasteiger partial charge on any atom is 0.189 e. The second-order valence-electron chi connectivity index (χ2n) is 5.94. The number of aromatic nitrogens is 4. The molecule has 8 heteroatoms. The zero-order valence-corrected chi connectivity index (χ0v) is 13.8. The lowest BCUT2D eigenvalue weighted by atomic mass is 10.2. The van der Waals surface area contributed by atoms with Gasteiger partial charge < -0.3 is 4.74 Å². The molecule has 3 heterocycles. The predicted octanol–water partition coefficient (Wildman–Crippen LogP) is 3.68. The third-order valence-corrected chi connectivity index (χ3v) is 5.54. The molecule has 5 rings (SSSR count). The Morgan fingerprint density at radius 2 is 2.16 bits per heavy atom. The first-order chi connectivity index (χ1) is 12.2. The molecule has 0 saturated heterocycles. The summed E-state index contributed by atoms with van der Waals surface area (Å²) in [4.78, 5) is 11.4. The standard InChI is InChI=1S/C17H12F2N4OS/c18-9-4-5-12(11(19)6-9)24-7-14-21-16-15-10-2-1-3-13(10)25-17(15)20-8-23(16)22-14/h4-6,8H,1-3,7H2. The van der Waals surface area contributed by atoms with Crippen molar-refractivity contribution in [1.29, 1.82) is 0 Å². The fourth-order valence-electron chi connectivity index (χ4n) is 3.23. The Bertz CT molecular complexity index is 1120. The maximum absolute atomic E-state index is 13.7. The van der Waals surface area contributed by atoms with Crippen LogP contribution in [0.15, 0.2) is 24.5 Å². The van der Waals surface area contributed by atoms with E-state index < -0.39 is 11.6 Å². The number of ether oxygens (including phenoxy) is 1. The van der Waals surface area contributed by atoms with Crippen molar-refractivity contribution in [1.82, 2.24) is 19.6 Å². The molecule has 1 aromatic carbocycles. The lowest BCUT2D eigenvalue weighted by Gasteiger charge is -2.04. The van der Waals surface area contributed by atoms with Crippen molar-refractivity contribution in [3.63, 3.8) is 0 Å². The van der Waals surface area contributed by atoms with E-state index in [-0.39, 0.29) is 12.4 Å². The van der Waals surface area contributed by atoms with Gasteiger partial charge in [-0.3, -0.25) is 0 Å². The molecule has 1 aliphatic rings. The molecular weight excluding hydrogens is 346 g/mol. The first-order valence-electron chi connectivity index (χ1n) is 7.91. The fraction of sp³-hybridized carbons (Fsp3) is 0.235. The van der Waals surface area contributed by atoms with Crippen molar-refractivity contribution in [2.75, 3.05) is 0 Å². The van der Waals surface area contributed by atoms with E-state index >= 15 is 0 Å². The number of benzene rings is 1. The lowest BCUT2D eigenvalue weighted by molar-refractivity contribution is 0.280. The van der Waals surface area contributed by atoms with Crippen molar-refractivity contribution < 1.29 is 13.5 Å². The normalized spacial score (nSPS) is 13.7. The number of hydrogen-bond acceptors (Lipinski definition) is 5. The van der Waals surface area contributed by atoms with E-state index in [0.29, 0.717) is 5.82 Å². The summed E-state index contributed by atoms with van der Waals surface area (Å²) in [5.41, 5.74) is 2.07. The summed E-state index contributed by atoms with van der Waals surface area (Å²) < 4.78 is 33.6. The molecule has 0 spiro atoms. The van der Waals surface area contributed by atoms with E-state index in [9.17, 15) is 8.78 Å². The molecule has 0 unspecified atom stereocenters. The minimum absolute atomic E-state index is 0.00193. The number of nitrogens with zero attached hydrogens (tertiary/aromatic N) is 4. The van der Waals surface area contributed by atoms with Gasteiger partial charge in [-0.15, -0.1) is 16.4 Å². The van der Waals surface area contributed by atoms with E-state index in [4.69, 9.17) is 4.74 Å². The van der Waals surface area contributed by atoms with Gasteiger partial charge in [0.1, 0.15) is 23.6 Å². The van der Waals surface area contributed by atoms with Crippen LogP contribution in [0.3, 0.4) is 0 Å². The summed E-state index contributed by atoms with van der Waals surface area (Å²) in [5, 5.41) is 5.42. The SMILES string of the molecule is Fc1ccc(OCc2nc3c4c5c(sc4ncn3n2)CCC5)c(F)c1. The van der Waals surface area contributed by atoms with Crippen LogP contribution in [-0.2, 0) is 19.4 Å². The van der Waals surface area contributed by atoms with Crippen molar-refractivity contribution in [2.45, 2.75) is 25.9 Å². The molecule has 0 bridgehead atoms. The van der Waals surface area contributed by atoms with Crippen LogP contribution < -0.4 is 4.74 Å². The third-order valence-electron chi connectivity index (χ3n) is 4.34.